The number of nitrogens with two attached hydrogens (primary N) is 1. The van der Waals surface area contributed by atoms with Crippen molar-refractivity contribution in [2.75, 3.05) is 14.2 Å². The summed E-state index contributed by atoms with van der Waals surface area (Å²) in [6.45, 7) is 0. The fourth-order valence-electron chi connectivity index (χ4n) is 1.94. The minimum atomic E-state index is -0.579. The van der Waals surface area contributed by atoms with Crippen LogP contribution in [0.15, 0.2) is 36.4 Å². The molecule has 0 aromatic heterocycles. The maximum atomic E-state index is 13.7. The molecular formula is C15H15F2NO2. The number of methoxy groups -OCH3 is 2. The van der Waals surface area contributed by atoms with Crippen LogP contribution >= 0.6 is 0 Å². The van der Waals surface area contributed by atoms with E-state index in [1.807, 2.05) is 0 Å². The van der Waals surface area contributed by atoms with Crippen LogP contribution in [0.2, 0.25) is 0 Å². The van der Waals surface area contributed by atoms with Gasteiger partial charge in [-0.15, -0.1) is 0 Å². The molecule has 20 heavy (non-hydrogen) atoms. The van der Waals surface area contributed by atoms with Crippen molar-refractivity contribution in [2.24, 2.45) is 5.73 Å². The molecule has 2 N–H and O–H groups in total. The lowest BCUT2D eigenvalue weighted by Gasteiger charge is -2.15. The molecule has 0 fully saturated rings. The molecule has 0 aliphatic rings. The Morgan fingerprint density at radius 1 is 0.850 bits per heavy atom. The van der Waals surface area contributed by atoms with Crippen LogP contribution in [0.5, 0.6) is 11.5 Å². The first-order chi connectivity index (χ1) is 9.56. The monoisotopic (exact) mass is 279 g/mol. The van der Waals surface area contributed by atoms with Gasteiger partial charge in [0.2, 0.25) is 0 Å². The standard InChI is InChI=1S/C15H15F2NO2/c1-19-13-6-4-9(7-12(13)17)15(18)10-3-5-11(16)14(8-10)20-2/h3-8,15H,18H2,1-2H3. The highest BCUT2D eigenvalue weighted by molar-refractivity contribution is 5.39. The maximum Gasteiger partial charge on any atom is 0.165 e. The first-order valence-electron chi connectivity index (χ1n) is 5.99. The molecule has 2 rings (SSSR count). The van der Waals surface area contributed by atoms with Gasteiger partial charge in [0, 0.05) is 0 Å². The number of ether oxygens (including phenoxy) is 2. The zero-order valence-corrected chi connectivity index (χ0v) is 11.2. The van der Waals surface area contributed by atoms with Crippen molar-refractivity contribution in [2.45, 2.75) is 6.04 Å². The van der Waals surface area contributed by atoms with E-state index in [-0.39, 0.29) is 11.5 Å². The first-order valence-corrected chi connectivity index (χ1v) is 5.99. The average Bonchev–Trinajstić information content (AvgIpc) is 2.47. The number of hydrogen-bond acceptors (Lipinski definition) is 3. The molecule has 0 aliphatic carbocycles. The highest BCUT2D eigenvalue weighted by atomic mass is 19.1. The van der Waals surface area contributed by atoms with E-state index >= 15 is 0 Å². The molecule has 0 saturated heterocycles. The molecule has 0 heterocycles. The smallest absolute Gasteiger partial charge is 0.165 e. The summed E-state index contributed by atoms with van der Waals surface area (Å²) in [6.07, 6.45) is 0. The van der Waals surface area contributed by atoms with Crippen LogP contribution in [0.3, 0.4) is 0 Å². The lowest BCUT2D eigenvalue weighted by Crippen LogP contribution is -2.12. The van der Waals surface area contributed by atoms with Crippen molar-refractivity contribution < 1.29 is 18.3 Å². The summed E-state index contributed by atoms with van der Waals surface area (Å²) in [6, 6.07) is 8.22. The van der Waals surface area contributed by atoms with Gasteiger partial charge in [-0.05, 0) is 35.4 Å². The Balaban J connectivity index is 2.35. The number of rotatable bonds is 4. The largest absolute Gasteiger partial charge is 0.494 e. The SMILES string of the molecule is COc1ccc(C(N)c2ccc(F)c(OC)c2)cc1F. The van der Waals surface area contributed by atoms with Crippen molar-refractivity contribution in [3.63, 3.8) is 0 Å². The first kappa shape index (κ1) is 14.3. The second kappa shape index (κ2) is 5.88. The Morgan fingerprint density at radius 3 is 2.05 bits per heavy atom. The van der Waals surface area contributed by atoms with Crippen LogP contribution in [0, 0.1) is 11.6 Å². The third-order valence-corrected chi connectivity index (χ3v) is 3.07. The van der Waals surface area contributed by atoms with Gasteiger partial charge >= 0.3 is 0 Å². The number of halogens is 2. The van der Waals surface area contributed by atoms with E-state index in [0.717, 1.165) is 0 Å². The second-order valence-corrected chi connectivity index (χ2v) is 4.27. The van der Waals surface area contributed by atoms with Gasteiger partial charge in [-0.25, -0.2) is 8.78 Å². The minimum Gasteiger partial charge on any atom is -0.494 e. The van der Waals surface area contributed by atoms with Crippen molar-refractivity contribution in [1.29, 1.82) is 0 Å². The van der Waals surface area contributed by atoms with Crippen LogP contribution < -0.4 is 15.2 Å². The molecule has 3 nitrogen and oxygen atoms in total. The summed E-state index contributed by atoms with van der Waals surface area (Å²) in [5.41, 5.74) is 7.26. The van der Waals surface area contributed by atoms with Crippen LogP contribution in [0.1, 0.15) is 17.2 Å². The molecule has 1 atom stereocenters. The molecule has 1 unspecified atom stereocenters. The quantitative estimate of drug-likeness (QED) is 0.935. The Morgan fingerprint density at radius 2 is 1.45 bits per heavy atom. The molecule has 2 aromatic carbocycles. The summed E-state index contributed by atoms with van der Waals surface area (Å²) in [4.78, 5) is 0. The lowest BCUT2D eigenvalue weighted by molar-refractivity contribution is 0.385. The van der Waals surface area contributed by atoms with E-state index in [0.29, 0.717) is 11.1 Å². The number of benzene rings is 2. The van der Waals surface area contributed by atoms with Gasteiger partial charge in [0.1, 0.15) is 0 Å². The van der Waals surface area contributed by atoms with Gasteiger partial charge in [-0.1, -0.05) is 12.1 Å². The topological polar surface area (TPSA) is 44.5 Å². The predicted octanol–water partition coefficient (Wildman–Crippen LogP) is 3.03. The van der Waals surface area contributed by atoms with Gasteiger partial charge in [0.05, 0.1) is 20.3 Å². The summed E-state index contributed by atoms with van der Waals surface area (Å²) in [5.74, 6) is -0.705. The van der Waals surface area contributed by atoms with Crippen LogP contribution in [-0.4, -0.2) is 14.2 Å². The Hall–Kier alpha value is -2.14. The van der Waals surface area contributed by atoms with E-state index in [1.54, 1.807) is 12.1 Å². The molecule has 0 saturated carbocycles. The molecule has 0 bridgehead atoms. The third-order valence-electron chi connectivity index (χ3n) is 3.07. The normalized spacial score (nSPS) is 12.1. The second-order valence-electron chi connectivity index (χ2n) is 4.27. The fraction of sp³-hybridized carbons (Fsp3) is 0.200. The van der Waals surface area contributed by atoms with Crippen molar-refractivity contribution in [1.82, 2.24) is 0 Å². The van der Waals surface area contributed by atoms with Gasteiger partial charge in [-0.2, -0.15) is 0 Å². The summed E-state index contributed by atoms with van der Waals surface area (Å²) >= 11 is 0. The number of hydrogen-bond donors (Lipinski definition) is 1. The molecule has 106 valence electrons. The van der Waals surface area contributed by atoms with E-state index in [4.69, 9.17) is 15.2 Å². The predicted molar refractivity (Wildman–Crippen MR) is 71.9 cm³/mol. The van der Waals surface area contributed by atoms with Gasteiger partial charge in [-0.3, -0.25) is 0 Å². The van der Waals surface area contributed by atoms with Gasteiger partial charge in [0.25, 0.3) is 0 Å². The zero-order valence-electron chi connectivity index (χ0n) is 11.2. The van der Waals surface area contributed by atoms with Crippen molar-refractivity contribution in [3.05, 3.63) is 59.2 Å². The van der Waals surface area contributed by atoms with E-state index in [1.165, 1.54) is 38.5 Å². The highest BCUT2D eigenvalue weighted by Gasteiger charge is 2.14. The Kier molecular flexibility index (Phi) is 4.20. The lowest BCUT2D eigenvalue weighted by atomic mass is 9.99. The maximum absolute atomic E-state index is 13.7. The van der Waals surface area contributed by atoms with Gasteiger partial charge in [0.15, 0.2) is 23.1 Å². The average molecular weight is 279 g/mol. The van der Waals surface area contributed by atoms with Crippen molar-refractivity contribution >= 4 is 0 Å². The molecule has 0 aliphatic heterocycles. The summed E-state index contributed by atoms with van der Waals surface area (Å²) in [7, 11) is 2.77. The van der Waals surface area contributed by atoms with E-state index in [9.17, 15) is 8.78 Å². The minimum absolute atomic E-state index is 0.104. The fourth-order valence-corrected chi connectivity index (χ4v) is 1.94. The molecule has 2 aromatic rings. The molecule has 5 heteroatoms. The Bertz CT molecular complexity index is 617. The van der Waals surface area contributed by atoms with Crippen LogP contribution in [0.4, 0.5) is 8.78 Å². The molecule has 0 amide bonds. The van der Waals surface area contributed by atoms with Crippen molar-refractivity contribution in [3.8, 4) is 11.5 Å². The van der Waals surface area contributed by atoms with Crippen LogP contribution in [-0.2, 0) is 0 Å². The summed E-state index contributed by atoms with van der Waals surface area (Å²) < 4.78 is 36.8. The van der Waals surface area contributed by atoms with Crippen LogP contribution in [0.25, 0.3) is 0 Å². The Labute approximate surface area is 115 Å². The van der Waals surface area contributed by atoms with E-state index < -0.39 is 17.7 Å². The summed E-state index contributed by atoms with van der Waals surface area (Å²) in [5, 5.41) is 0. The third kappa shape index (κ3) is 2.72. The van der Waals surface area contributed by atoms with Gasteiger partial charge < -0.3 is 15.2 Å². The molecule has 0 radical (unpaired) electrons. The molecular weight excluding hydrogens is 264 g/mol. The highest BCUT2D eigenvalue weighted by Crippen LogP contribution is 2.27. The molecule has 0 spiro atoms. The zero-order chi connectivity index (χ0) is 14.7. The van der Waals surface area contributed by atoms with E-state index in [2.05, 4.69) is 0 Å².